The van der Waals surface area contributed by atoms with Gasteiger partial charge in [-0.25, -0.2) is 4.79 Å². The maximum Gasteiger partial charge on any atom is 0.331 e. The first kappa shape index (κ1) is 20.5. The third-order valence-corrected chi connectivity index (χ3v) is 4.29. The van der Waals surface area contributed by atoms with Gasteiger partial charge in [-0.2, -0.15) is 0 Å². The van der Waals surface area contributed by atoms with Gasteiger partial charge in [0, 0.05) is 0 Å². The molecular weight excluding hydrogens is 400 g/mol. The topological polar surface area (TPSA) is 98.1 Å². The highest BCUT2D eigenvalue weighted by atomic mass is 35.5. The first-order valence-corrected chi connectivity index (χ1v) is 9.32. The Hall–Kier alpha value is -3.26. The fourth-order valence-corrected chi connectivity index (χ4v) is 3.05. The number of nitrogens with one attached hydrogen (secondary N) is 1. The third-order valence-electron chi connectivity index (χ3n) is 4.01. The second-order valence-electron chi connectivity index (χ2n) is 5.98. The van der Waals surface area contributed by atoms with Crippen molar-refractivity contribution < 1.29 is 28.3 Å². The number of ether oxygens (including phenoxy) is 2. The molecule has 152 valence electrons. The van der Waals surface area contributed by atoms with E-state index in [0.29, 0.717) is 36.0 Å². The van der Waals surface area contributed by atoms with Gasteiger partial charge in [0.25, 0.3) is 11.8 Å². The van der Waals surface area contributed by atoms with Gasteiger partial charge in [0.1, 0.15) is 11.3 Å². The molecule has 4 amide bonds. The number of imide groups is 2. The van der Waals surface area contributed by atoms with Gasteiger partial charge in [0.05, 0.1) is 31.0 Å². The fraction of sp³-hybridized carbons (Fsp3) is 0.250. The lowest BCUT2D eigenvalue weighted by Crippen LogP contribution is -2.53. The summed E-state index contributed by atoms with van der Waals surface area (Å²) in [4.78, 5) is 38.1. The lowest BCUT2D eigenvalue weighted by Gasteiger charge is -2.25. The summed E-state index contributed by atoms with van der Waals surface area (Å²) < 4.78 is 16.3. The summed E-state index contributed by atoms with van der Waals surface area (Å²) in [6, 6.07) is 5.62. The van der Waals surface area contributed by atoms with Crippen LogP contribution in [-0.2, 0) is 16.1 Å². The number of furan rings is 1. The molecule has 1 aliphatic heterocycles. The smallest absolute Gasteiger partial charge is 0.331 e. The summed E-state index contributed by atoms with van der Waals surface area (Å²) in [5, 5.41) is 2.43. The van der Waals surface area contributed by atoms with E-state index < -0.39 is 17.8 Å². The van der Waals surface area contributed by atoms with Crippen LogP contribution in [-0.4, -0.2) is 36.0 Å². The van der Waals surface area contributed by atoms with Gasteiger partial charge < -0.3 is 13.9 Å². The molecule has 0 saturated carbocycles. The molecule has 1 aromatic carbocycles. The number of barbiturate groups is 1. The molecule has 0 aliphatic carbocycles. The largest absolute Gasteiger partial charge is 0.490 e. The van der Waals surface area contributed by atoms with Crippen molar-refractivity contribution in [2.75, 3.05) is 13.2 Å². The minimum absolute atomic E-state index is 0.101. The van der Waals surface area contributed by atoms with Gasteiger partial charge in [-0.05, 0) is 49.8 Å². The summed E-state index contributed by atoms with van der Waals surface area (Å²) in [6.07, 6.45) is 2.78. The van der Waals surface area contributed by atoms with Crippen LogP contribution >= 0.6 is 11.6 Å². The fourth-order valence-electron chi connectivity index (χ4n) is 2.78. The number of nitrogens with zero attached hydrogens (tertiary/aromatic N) is 1. The number of rotatable bonds is 7. The maximum absolute atomic E-state index is 12.8. The molecule has 3 rings (SSSR count). The highest BCUT2D eigenvalue weighted by Crippen LogP contribution is 2.37. The SMILES string of the molecule is CCOc1cc(/C=C2\C(=O)NC(=O)N(Cc3ccco3)C2=O)cc(Cl)c1OCC. The molecule has 1 aromatic heterocycles. The van der Waals surface area contributed by atoms with Gasteiger partial charge in [-0.1, -0.05) is 11.6 Å². The van der Waals surface area contributed by atoms with E-state index in [2.05, 4.69) is 5.32 Å². The molecule has 1 aliphatic rings. The van der Waals surface area contributed by atoms with Crippen molar-refractivity contribution in [1.29, 1.82) is 0 Å². The van der Waals surface area contributed by atoms with Crippen molar-refractivity contribution in [2.24, 2.45) is 0 Å². The Balaban J connectivity index is 1.96. The van der Waals surface area contributed by atoms with Crippen LogP contribution in [0.2, 0.25) is 5.02 Å². The zero-order valence-electron chi connectivity index (χ0n) is 15.9. The van der Waals surface area contributed by atoms with E-state index in [1.807, 2.05) is 13.8 Å². The second-order valence-corrected chi connectivity index (χ2v) is 6.39. The van der Waals surface area contributed by atoms with Crippen molar-refractivity contribution in [3.63, 3.8) is 0 Å². The van der Waals surface area contributed by atoms with Crippen LogP contribution in [0.15, 0.2) is 40.5 Å². The predicted molar refractivity (Wildman–Crippen MR) is 105 cm³/mol. The normalized spacial score (nSPS) is 15.6. The van der Waals surface area contributed by atoms with E-state index in [-0.39, 0.29) is 17.1 Å². The monoisotopic (exact) mass is 418 g/mol. The van der Waals surface area contributed by atoms with E-state index in [0.717, 1.165) is 4.90 Å². The van der Waals surface area contributed by atoms with E-state index in [9.17, 15) is 14.4 Å². The molecule has 2 heterocycles. The predicted octanol–water partition coefficient (Wildman–Crippen LogP) is 3.39. The molecule has 8 nitrogen and oxygen atoms in total. The van der Waals surface area contributed by atoms with Gasteiger partial charge in [0.2, 0.25) is 0 Å². The molecule has 0 bridgehead atoms. The standard InChI is InChI=1S/C20H19ClN2O6/c1-3-27-16-10-12(9-15(21)17(16)28-4-2)8-14-18(24)22-20(26)23(19(14)25)11-13-6-5-7-29-13/h5-10H,3-4,11H2,1-2H3,(H,22,24,26)/b14-8+. The Morgan fingerprint density at radius 3 is 2.59 bits per heavy atom. The zero-order chi connectivity index (χ0) is 21.0. The van der Waals surface area contributed by atoms with Crippen molar-refractivity contribution >= 4 is 35.5 Å². The number of carbonyl (C=O) groups is 3. The Labute approximate surface area is 172 Å². The lowest BCUT2D eigenvalue weighted by molar-refractivity contribution is -0.130. The average molecular weight is 419 g/mol. The van der Waals surface area contributed by atoms with E-state index >= 15 is 0 Å². The highest BCUT2D eigenvalue weighted by molar-refractivity contribution is 6.33. The highest BCUT2D eigenvalue weighted by Gasteiger charge is 2.36. The van der Waals surface area contributed by atoms with Crippen molar-refractivity contribution in [3.05, 3.63) is 52.4 Å². The zero-order valence-corrected chi connectivity index (χ0v) is 16.6. The Kier molecular flexibility index (Phi) is 6.23. The molecule has 1 saturated heterocycles. The Morgan fingerprint density at radius 1 is 1.17 bits per heavy atom. The third kappa shape index (κ3) is 4.43. The van der Waals surface area contributed by atoms with Crippen LogP contribution in [0.1, 0.15) is 25.2 Å². The van der Waals surface area contributed by atoms with Crippen LogP contribution in [0.3, 0.4) is 0 Å². The number of halogens is 1. The maximum atomic E-state index is 12.8. The Bertz CT molecular complexity index is 968. The number of carbonyl (C=O) groups excluding carboxylic acids is 3. The average Bonchev–Trinajstić information content (AvgIpc) is 3.18. The van der Waals surface area contributed by atoms with Crippen LogP contribution in [0.4, 0.5) is 4.79 Å². The first-order chi connectivity index (χ1) is 13.9. The summed E-state index contributed by atoms with van der Waals surface area (Å²) in [5.74, 6) is -0.352. The number of benzene rings is 1. The molecule has 1 N–H and O–H groups in total. The molecule has 9 heteroatoms. The van der Waals surface area contributed by atoms with E-state index in [4.69, 9.17) is 25.5 Å². The van der Waals surface area contributed by atoms with Gasteiger partial charge in [-0.3, -0.25) is 19.8 Å². The lowest BCUT2D eigenvalue weighted by atomic mass is 10.1. The summed E-state index contributed by atoms with van der Waals surface area (Å²) in [5.41, 5.74) is 0.242. The van der Waals surface area contributed by atoms with Gasteiger partial charge in [-0.15, -0.1) is 0 Å². The number of amides is 4. The molecule has 1 fully saturated rings. The molecule has 0 atom stereocenters. The molecule has 0 radical (unpaired) electrons. The molecule has 29 heavy (non-hydrogen) atoms. The van der Waals surface area contributed by atoms with Crippen LogP contribution in [0.5, 0.6) is 11.5 Å². The molecule has 0 spiro atoms. The van der Waals surface area contributed by atoms with E-state index in [1.165, 1.54) is 12.3 Å². The number of hydrogen-bond donors (Lipinski definition) is 1. The van der Waals surface area contributed by atoms with E-state index in [1.54, 1.807) is 24.3 Å². The number of urea groups is 1. The molecular formula is C20H19ClN2O6. The quantitative estimate of drug-likeness (QED) is 0.546. The molecule has 2 aromatic rings. The van der Waals surface area contributed by atoms with Crippen LogP contribution in [0, 0.1) is 0 Å². The Morgan fingerprint density at radius 2 is 1.93 bits per heavy atom. The van der Waals surface area contributed by atoms with Crippen molar-refractivity contribution in [2.45, 2.75) is 20.4 Å². The summed E-state index contributed by atoms with van der Waals surface area (Å²) in [6.45, 7) is 4.30. The van der Waals surface area contributed by atoms with Crippen molar-refractivity contribution in [3.8, 4) is 11.5 Å². The number of hydrogen-bond acceptors (Lipinski definition) is 6. The summed E-state index contributed by atoms with van der Waals surface area (Å²) in [7, 11) is 0. The van der Waals surface area contributed by atoms with Crippen LogP contribution in [0.25, 0.3) is 6.08 Å². The minimum atomic E-state index is -0.812. The van der Waals surface area contributed by atoms with Crippen molar-refractivity contribution in [1.82, 2.24) is 10.2 Å². The first-order valence-electron chi connectivity index (χ1n) is 8.95. The second kappa shape index (κ2) is 8.83. The van der Waals surface area contributed by atoms with Gasteiger partial charge >= 0.3 is 6.03 Å². The van der Waals surface area contributed by atoms with Crippen LogP contribution < -0.4 is 14.8 Å². The summed E-state index contributed by atoms with van der Waals surface area (Å²) >= 11 is 6.29. The van der Waals surface area contributed by atoms with Gasteiger partial charge in [0.15, 0.2) is 11.5 Å². The minimum Gasteiger partial charge on any atom is -0.490 e. The molecule has 0 unspecified atom stereocenters.